The molecule has 0 radical (unpaired) electrons. The molecular formula is C11H16BFN2O2. The fourth-order valence-electron chi connectivity index (χ4n) is 1.59. The summed E-state index contributed by atoms with van der Waals surface area (Å²) in [5.41, 5.74) is 4.61. The van der Waals surface area contributed by atoms with E-state index in [0.717, 1.165) is 0 Å². The molecule has 0 amide bonds. The number of rotatable bonds is 1. The van der Waals surface area contributed by atoms with Gasteiger partial charge in [0.2, 0.25) is 0 Å². The van der Waals surface area contributed by atoms with Crippen LogP contribution in [0.4, 0.5) is 10.2 Å². The normalized spacial score (nSPS) is 21.8. The molecule has 2 N–H and O–H groups in total. The van der Waals surface area contributed by atoms with Gasteiger partial charge in [-0.05, 0) is 39.8 Å². The second-order valence-corrected chi connectivity index (χ2v) is 5.19. The van der Waals surface area contributed by atoms with E-state index in [2.05, 4.69) is 4.98 Å². The van der Waals surface area contributed by atoms with E-state index in [9.17, 15) is 4.39 Å². The minimum absolute atomic E-state index is 0.101. The summed E-state index contributed by atoms with van der Waals surface area (Å²) in [5, 5.41) is 0. The van der Waals surface area contributed by atoms with Crippen molar-refractivity contribution < 1.29 is 13.7 Å². The van der Waals surface area contributed by atoms with Gasteiger partial charge in [-0.15, -0.1) is 0 Å². The maximum Gasteiger partial charge on any atom is 0.517 e. The van der Waals surface area contributed by atoms with Crippen LogP contribution in [-0.2, 0) is 9.31 Å². The molecule has 0 unspecified atom stereocenters. The molecule has 0 spiro atoms. The van der Waals surface area contributed by atoms with Gasteiger partial charge in [0.1, 0.15) is 17.2 Å². The van der Waals surface area contributed by atoms with Gasteiger partial charge in [-0.25, -0.2) is 9.37 Å². The van der Waals surface area contributed by atoms with Gasteiger partial charge in [-0.1, -0.05) is 0 Å². The second kappa shape index (κ2) is 3.68. The van der Waals surface area contributed by atoms with E-state index in [4.69, 9.17) is 15.0 Å². The summed E-state index contributed by atoms with van der Waals surface area (Å²) in [6.07, 6.45) is 0. The highest BCUT2D eigenvalue weighted by atomic mass is 19.1. The fraction of sp³-hybridized carbons (Fsp3) is 0.545. The molecule has 1 aromatic heterocycles. The predicted octanol–water partition coefficient (Wildman–Crippen LogP) is 1.10. The topological polar surface area (TPSA) is 57.4 Å². The highest BCUT2D eigenvalue weighted by Gasteiger charge is 2.53. The van der Waals surface area contributed by atoms with Gasteiger partial charge >= 0.3 is 7.12 Å². The minimum atomic E-state index is -0.816. The molecule has 17 heavy (non-hydrogen) atoms. The summed E-state index contributed by atoms with van der Waals surface area (Å²) < 4.78 is 25.1. The van der Waals surface area contributed by atoms with E-state index >= 15 is 0 Å². The first kappa shape index (κ1) is 12.3. The first-order chi connectivity index (χ1) is 7.73. The molecule has 1 aliphatic heterocycles. The van der Waals surface area contributed by atoms with Crippen LogP contribution < -0.4 is 11.3 Å². The first-order valence-corrected chi connectivity index (χ1v) is 5.50. The maximum atomic E-state index is 13.6. The van der Waals surface area contributed by atoms with Gasteiger partial charge in [0.05, 0.1) is 11.2 Å². The number of halogens is 1. The van der Waals surface area contributed by atoms with Crippen LogP contribution in [-0.4, -0.2) is 23.3 Å². The number of nitrogen functional groups attached to an aromatic ring is 1. The zero-order chi connectivity index (χ0) is 12.8. The number of anilines is 1. The summed E-state index contributed by atoms with van der Waals surface area (Å²) in [5.74, 6) is -0.228. The van der Waals surface area contributed by atoms with Crippen molar-refractivity contribution in [2.75, 3.05) is 5.73 Å². The van der Waals surface area contributed by atoms with Crippen molar-refractivity contribution in [2.45, 2.75) is 38.9 Å². The van der Waals surface area contributed by atoms with Crippen molar-refractivity contribution in [3.05, 3.63) is 17.9 Å². The molecule has 0 aromatic carbocycles. The Hall–Kier alpha value is -1.14. The van der Waals surface area contributed by atoms with Crippen molar-refractivity contribution in [2.24, 2.45) is 0 Å². The van der Waals surface area contributed by atoms with Crippen LogP contribution in [0, 0.1) is 5.82 Å². The fourth-order valence-corrected chi connectivity index (χ4v) is 1.59. The average molecular weight is 238 g/mol. The van der Waals surface area contributed by atoms with E-state index < -0.39 is 24.1 Å². The Morgan fingerprint density at radius 1 is 1.18 bits per heavy atom. The van der Waals surface area contributed by atoms with Crippen LogP contribution in [0.15, 0.2) is 12.1 Å². The van der Waals surface area contributed by atoms with E-state index in [-0.39, 0.29) is 11.4 Å². The van der Waals surface area contributed by atoms with Crippen LogP contribution in [0.5, 0.6) is 0 Å². The maximum absolute atomic E-state index is 13.6. The van der Waals surface area contributed by atoms with Crippen LogP contribution in [0.2, 0.25) is 0 Å². The van der Waals surface area contributed by atoms with Gasteiger partial charge < -0.3 is 15.0 Å². The number of nitrogens with zero attached hydrogens (tertiary/aromatic N) is 1. The van der Waals surface area contributed by atoms with Crippen LogP contribution in [0.25, 0.3) is 0 Å². The molecule has 0 bridgehead atoms. The number of hydrogen-bond acceptors (Lipinski definition) is 4. The van der Waals surface area contributed by atoms with Crippen molar-refractivity contribution in [3.8, 4) is 0 Å². The van der Waals surface area contributed by atoms with Gasteiger partial charge in [0.15, 0.2) is 0 Å². The van der Waals surface area contributed by atoms with E-state index in [1.54, 1.807) is 0 Å². The lowest BCUT2D eigenvalue weighted by Crippen LogP contribution is -2.41. The second-order valence-electron chi connectivity index (χ2n) is 5.19. The van der Waals surface area contributed by atoms with Crippen LogP contribution in [0.3, 0.4) is 0 Å². The van der Waals surface area contributed by atoms with Gasteiger partial charge in [-0.3, -0.25) is 0 Å². The molecule has 6 heteroatoms. The van der Waals surface area contributed by atoms with Gasteiger partial charge in [0, 0.05) is 0 Å². The molecule has 4 nitrogen and oxygen atoms in total. The third-order valence-corrected chi connectivity index (χ3v) is 3.37. The zero-order valence-corrected chi connectivity index (χ0v) is 10.5. The van der Waals surface area contributed by atoms with Crippen molar-refractivity contribution in [1.29, 1.82) is 0 Å². The highest BCUT2D eigenvalue weighted by molar-refractivity contribution is 6.61. The summed E-state index contributed by atoms with van der Waals surface area (Å²) in [4.78, 5) is 3.94. The van der Waals surface area contributed by atoms with Gasteiger partial charge in [-0.2, -0.15) is 0 Å². The Bertz CT molecular complexity index is 435. The number of hydrogen-bond donors (Lipinski definition) is 1. The van der Waals surface area contributed by atoms with Gasteiger partial charge in [0.25, 0.3) is 0 Å². The molecule has 1 aromatic rings. The molecule has 2 rings (SSSR count). The molecule has 92 valence electrons. The molecule has 0 saturated carbocycles. The quantitative estimate of drug-likeness (QED) is 0.744. The Balaban J connectivity index is 2.35. The molecule has 2 heterocycles. The minimum Gasteiger partial charge on any atom is -0.398 e. The molecule has 0 aliphatic carbocycles. The standard InChI is InChI=1S/C11H16BFN2O2/c1-10(2)11(3,4)17-12(16-10)9-7(13)5-6-8(14)15-9/h5-6H,1-4H3,(H2,14,15). The highest BCUT2D eigenvalue weighted by Crippen LogP contribution is 2.36. The Labute approximate surface area is 100 Å². The smallest absolute Gasteiger partial charge is 0.398 e. The van der Waals surface area contributed by atoms with Crippen molar-refractivity contribution in [3.63, 3.8) is 0 Å². The number of nitrogens with two attached hydrogens (primary N) is 1. The van der Waals surface area contributed by atoms with E-state index in [1.165, 1.54) is 12.1 Å². The molecule has 1 aliphatic rings. The van der Waals surface area contributed by atoms with Crippen LogP contribution >= 0.6 is 0 Å². The molecule has 0 atom stereocenters. The van der Waals surface area contributed by atoms with E-state index in [0.29, 0.717) is 0 Å². The predicted molar refractivity (Wildman–Crippen MR) is 64.3 cm³/mol. The van der Waals surface area contributed by atoms with Crippen LogP contribution in [0.1, 0.15) is 27.7 Å². The summed E-state index contributed by atoms with van der Waals surface area (Å²) >= 11 is 0. The average Bonchev–Trinajstić information content (AvgIpc) is 2.40. The Kier molecular flexibility index (Phi) is 2.67. The summed E-state index contributed by atoms with van der Waals surface area (Å²) in [6.45, 7) is 7.60. The lowest BCUT2D eigenvalue weighted by molar-refractivity contribution is 0.00578. The van der Waals surface area contributed by atoms with Crippen molar-refractivity contribution in [1.82, 2.24) is 4.98 Å². The molecular weight excluding hydrogens is 222 g/mol. The summed E-state index contributed by atoms with van der Waals surface area (Å²) in [7, 11) is -0.816. The molecule has 1 saturated heterocycles. The third kappa shape index (κ3) is 2.02. The third-order valence-electron chi connectivity index (χ3n) is 3.37. The lowest BCUT2D eigenvalue weighted by Gasteiger charge is -2.32. The number of aromatic nitrogens is 1. The SMILES string of the molecule is CC1(C)OB(c2nc(N)ccc2F)OC1(C)C. The number of pyridine rings is 1. The largest absolute Gasteiger partial charge is 0.517 e. The monoisotopic (exact) mass is 238 g/mol. The lowest BCUT2D eigenvalue weighted by atomic mass is 9.84. The summed E-state index contributed by atoms with van der Waals surface area (Å²) in [6, 6.07) is 2.67. The first-order valence-electron chi connectivity index (χ1n) is 5.50. The zero-order valence-electron chi connectivity index (χ0n) is 10.5. The molecule has 1 fully saturated rings. The Morgan fingerprint density at radius 3 is 2.24 bits per heavy atom. The van der Waals surface area contributed by atoms with E-state index in [1.807, 2.05) is 27.7 Å². The van der Waals surface area contributed by atoms with Crippen molar-refractivity contribution >= 4 is 18.5 Å². The Morgan fingerprint density at radius 2 is 1.71 bits per heavy atom.